The van der Waals surface area contributed by atoms with Gasteiger partial charge in [-0.15, -0.1) is 0 Å². The molecule has 2 nitrogen and oxygen atoms in total. The van der Waals surface area contributed by atoms with Gasteiger partial charge in [0.2, 0.25) is 0 Å². The van der Waals surface area contributed by atoms with E-state index >= 15 is 0 Å². The molecule has 1 heterocycles. The molecule has 0 bridgehead atoms. The number of aryl methyl sites for hydroxylation is 1. The highest BCUT2D eigenvalue weighted by molar-refractivity contribution is 5.28. The van der Waals surface area contributed by atoms with Crippen molar-refractivity contribution < 1.29 is 4.39 Å². The van der Waals surface area contributed by atoms with E-state index in [2.05, 4.69) is 11.9 Å². The minimum absolute atomic E-state index is 0.0905. The number of rotatable bonds is 3. The molecule has 17 heavy (non-hydrogen) atoms. The fourth-order valence-electron chi connectivity index (χ4n) is 2.74. The zero-order valence-electron chi connectivity index (χ0n) is 10.6. The Morgan fingerprint density at radius 3 is 2.82 bits per heavy atom. The summed E-state index contributed by atoms with van der Waals surface area (Å²) >= 11 is 0. The van der Waals surface area contributed by atoms with Crippen molar-refractivity contribution in [3.05, 3.63) is 35.1 Å². The van der Waals surface area contributed by atoms with Crippen LogP contribution in [0.5, 0.6) is 0 Å². The molecular formula is C14H21FN2. The smallest absolute Gasteiger partial charge is 0.126 e. The number of nitrogens with two attached hydrogens (primary N) is 1. The molecule has 0 amide bonds. The summed E-state index contributed by atoms with van der Waals surface area (Å²) in [7, 11) is 2.12. The Morgan fingerprint density at radius 2 is 2.24 bits per heavy atom. The first-order valence-corrected chi connectivity index (χ1v) is 6.34. The topological polar surface area (TPSA) is 29.3 Å². The SMILES string of the molecule is CCc1cc(C2CC(CN)CN2C)ccc1F. The van der Waals surface area contributed by atoms with Crippen molar-refractivity contribution in [3.63, 3.8) is 0 Å². The van der Waals surface area contributed by atoms with Crippen molar-refractivity contribution in [2.24, 2.45) is 11.7 Å². The van der Waals surface area contributed by atoms with E-state index in [-0.39, 0.29) is 5.82 Å². The molecule has 0 aromatic heterocycles. The molecule has 0 saturated carbocycles. The minimum Gasteiger partial charge on any atom is -0.330 e. The third-order valence-corrected chi connectivity index (χ3v) is 3.80. The lowest BCUT2D eigenvalue weighted by Gasteiger charge is -2.20. The Bertz CT molecular complexity index is 392. The van der Waals surface area contributed by atoms with Gasteiger partial charge in [0, 0.05) is 12.6 Å². The summed E-state index contributed by atoms with van der Waals surface area (Å²) in [6.45, 7) is 3.77. The fourth-order valence-corrected chi connectivity index (χ4v) is 2.74. The van der Waals surface area contributed by atoms with Crippen LogP contribution in [0.1, 0.15) is 30.5 Å². The van der Waals surface area contributed by atoms with Crippen LogP contribution >= 0.6 is 0 Å². The first kappa shape index (κ1) is 12.5. The van der Waals surface area contributed by atoms with Crippen molar-refractivity contribution in [3.8, 4) is 0 Å². The lowest BCUT2D eigenvalue weighted by atomic mass is 9.97. The molecule has 3 heteroatoms. The third kappa shape index (κ3) is 2.50. The highest BCUT2D eigenvalue weighted by atomic mass is 19.1. The van der Waals surface area contributed by atoms with Gasteiger partial charge in [-0.05, 0) is 49.5 Å². The number of likely N-dealkylation sites (tertiary alicyclic amines) is 1. The minimum atomic E-state index is -0.0905. The second kappa shape index (κ2) is 5.15. The van der Waals surface area contributed by atoms with Crippen LogP contribution in [0.15, 0.2) is 18.2 Å². The van der Waals surface area contributed by atoms with Crippen LogP contribution in [0.3, 0.4) is 0 Å². The van der Waals surface area contributed by atoms with Gasteiger partial charge >= 0.3 is 0 Å². The highest BCUT2D eigenvalue weighted by Gasteiger charge is 2.29. The Morgan fingerprint density at radius 1 is 1.47 bits per heavy atom. The quantitative estimate of drug-likeness (QED) is 0.873. The van der Waals surface area contributed by atoms with E-state index in [1.807, 2.05) is 19.1 Å². The van der Waals surface area contributed by atoms with E-state index in [4.69, 9.17) is 5.73 Å². The van der Waals surface area contributed by atoms with Crippen LogP contribution < -0.4 is 5.73 Å². The van der Waals surface area contributed by atoms with Crippen molar-refractivity contribution in [1.82, 2.24) is 4.90 Å². The second-order valence-electron chi connectivity index (χ2n) is 5.00. The zero-order valence-corrected chi connectivity index (χ0v) is 10.6. The lowest BCUT2D eigenvalue weighted by Crippen LogP contribution is -2.20. The van der Waals surface area contributed by atoms with E-state index in [1.165, 1.54) is 5.56 Å². The largest absolute Gasteiger partial charge is 0.330 e. The molecular weight excluding hydrogens is 215 g/mol. The highest BCUT2D eigenvalue weighted by Crippen LogP contribution is 2.34. The van der Waals surface area contributed by atoms with Gasteiger partial charge < -0.3 is 5.73 Å². The first-order valence-electron chi connectivity index (χ1n) is 6.34. The Labute approximate surface area is 103 Å². The number of hydrogen-bond acceptors (Lipinski definition) is 2. The van der Waals surface area contributed by atoms with Gasteiger partial charge in [-0.1, -0.05) is 19.1 Å². The van der Waals surface area contributed by atoms with Crippen LogP contribution in [0, 0.1) is 11.7 Å². The van der Waals surface area contributed by atoms with E-state index in [0.717, 1.165) is 31.5 Å². The molecule has 2 atom stereocenters. The molecule has 1 aromatic rings. The van der Waals surface area contributed by atoms with Gasteiger partial charge in [0.25, 0.3) is 0 Å². The van der Waals surface area contributed by atoms with Crippen LogP contribution in [-0.2, 0) is 6.42 Å². The lowest BCUT2D eigenvalue weighted by molar-refractivity contribution is 0.313. The van der Waals surface area contributed by atoms with Crippen LogP contribution in [0.25, 0.3) is 0 Å². The maximum atomic E-state index is 13.5. The van der Waals surface area contributed by atoms with Gasteiger partial charge in [0.1, 0.15) is 5.82 Å². The van der Waals surface area contributed by atoms with Gasteiger partial charge in [-0.2, -0.15) is 0 Å². The molecule has 0 radical (unpaired) electrons. The maximum absolute atomic E-state index is 13.5. The molecule has 1 saturated heterocycles. The maximum Gasteiger partial charge on any atom is 0.126 e. The van der Waals surface area contributed by atoms with E-state index in [1.54, 1.807) is 6.07 Å². The Kier molecular flexibility index (Phi) is 3.79. The standard InChI is InChI=1S/C14H21FN2/c1-3-11-7-12(4-5-13(11)15)14-6-10(8-16)9-17(14)2/h4-5,7,10,14H,3,6,8-9,16H2,1-2H3. The molecule has 0 spiro atoms. The number of nitrogens with zero attached hydrogens (tertiary/aromatic N) is 1. The van der Waals surface area contributed by atoms with Gasteiger partial charge in [-0.25, -0.2) is 4.39 Å². The molecule has 1 aliphatic rings. The molecule has 0 aliphatic carbocycles. The van der Waals surface area contributed by atoms with E-state index in [9.17, 15) is 4.39 Å². The summed E-state index contributed by atoms with van der Waals surface area (Å²) in [5, 5.41) is 0. The molecule has 1 aromatic carbocycles. The third-order valence-electron chi connectivity index (χ3n) is 3.80. The van der Waals surface area contributed by atoms with Crippen molar-refractivity contribution in [2.45, 2.75) is 25.8 Å². The summed E-state index contributed by atoms with van der Waals surface area (Å²) in [4.78, 5) is 2.32. The van der Waals surface area contributed by atoms with Crippen molar-refractivity contribution >= 4 is 0 Å². The molecule has 2 N–H and O–H groups in total. The van der Waals surface area contributed by atoms with Crippen molar-refractivity contribution in [1.29, 1.82) is 0 Å². The number of benzene rings is 1. The van der Waals surface area contributed by atoms with Crippen LogP contribution in [0.4, 0.5) is 4.39 Å². The van der Waals surface area contributed by atoms with Crippen LogP contribution in [0.2, 0.25) is 0 Å². The van der Waals surface area contributed by atoms with Gasteiger partial charge in [0.05, 0.1) is 0 Å². The normalized spacial score (nSPS) is 25.4. The first-order chi connectivity index (χ1) is 8.15. The average molecular weight is 236 g/mol. The predicted molar refractivity (Wildman–Crippen MR) is 68.3 cm³/mol. The predicted octanol–water partition coefficient (Wildman–Crippen LogP) is 2.34. The average Bonchev–Trinajstić information content (AvgIpc) is 2.71. The van der Waals surface area contributed by atoms with E-state index in [0.29, 0.717) is 12.0 Å². The molecule has 1 aliphatic heterocycles. The second-order valence-corrected chi connectivity index (χ2v) is 5.00. The monoisotopic (exact) mass is 236 g/mol. The zero-order chi connectivity index (χ0) is 12.4. The van der Waals surface area contributed by atoms with Crippen molar-refractivity contribution in [2.75, 3.05) is 20.1 Å². The summed E-state index contributed by atoms with van der Waals surface area (Å²) in [6.07, 6.45) is 1.83. The molecule has 2 unspecified atom stereocenters. The summed E-state index contributed by atoms with van der Waals surface area (Å²) in [5.74, 6) is 0.479. The molecule has 94 valence electrons. The number of halogens is 1. The molecule has 1 fully saturated rings. The summed E-state index contributed by atoms with van der Waals surface area (Å²) < 4.78 is 13.5. The fraction of sp³-hybridized carbons (Fsp3) is 0.571. The van der Waals surface area contributed by atoms with Gasteiger partial charge in [-0.3, -0.25) is 4.90 Å². The number of hydrogen-bond donors (Lipinski definition) is 1. The summed E-state index contributed by atoms with van der Waals surface area (Å²) in [6, 6.07) is 5.91. The van der Waals surface area contributed by atoms with Gasteiger partial charge in [0.15, 0.2) is 0 Å². The summed E-state index contributed by atoms with van der Waals surface area (Å²) in [5.41, 5.74) is 7.77. The van der Waals surface area contributed by atoms with Crippen LogP contribution in [-0.4, -0.2) is 25.0 Å². The van der Waals surface area contributed by atoms with E-state index < -0.39 is 0 Å². The Balaban J connectivity index is 2.22. The molecule has 2 rings (SSSR count). The Hall–Kier alpha value is -0.930.